The molecule has 0 atom stereocenters. The van der Waals surface area contributed by atoms with Gasteiger partial charge in [-0.25, -0.2) is 14.2 Å². The molecule has 0 unspecified atom stereocenters. The Morgan fingerprint density at radius 1 is 1.37 bits per heavy atom. The number of anilines is 1. The number of hydrogen-bond acceptors (Lipinski definition) is 4. The van der Waals surface area contributed by atoms with E-state index in [9.17, 15) is 9.18 Å². The lowest BCUT2D eigenvalue weighted by atomic mass is 10.0. The van der Waals surface area contributed by atoms with E-state index in [4.69, 9.17) is 15.6 Å². The van der Waals surface area contributed by atoms with Crippen molar-refractivity contribution in [3.8, 4) is 16.9 Å². The minimum atomic E-state index is -1.20. The quantitative estimate of drug-likeness (QED) is 0.885. The van der Waals surface area contributed by atoms with Gasteiger partial charge < -0.3 is 15.6 Å². The fourth-order valence-electron chi connectivity index (χ4n) is 1.70. The van der Waals surface area contributed by atoms with Crippen molar-refractivity contribution in [1.29, 1.82) is 0 Å². The molecule has 2 aromatic rings. The number of nitrogen functional groups attached to an aromatic ring is 1. The second-order valence-corrected chi connectivity index (χ2v) is 3.81. The fourth-order valence-corrected chi connectivity index (χ4v) is 1.70. The van der Waals surface area contributed by atoms with Gasteiger partial charge >= 0.3 is 5.97 Å². The normalized spacial score (nSPS) is 10.2. The van der Waals surface area contributed by atoms with E-state index < -0.39 is 11.8 Å². The number of carbonyl (C=O) groups is 1. The number of nitrogens with zero attached hydrogens (tertiary/aromatic N) is 1. The number of methoxy groups -OCH3 is 1. The third-order valence-electron chi connectivity index (χ3n) is 2.62. The molecule has 3 N–H and O–H groups in total. The number of carboxylic acids is 1. The molecule has 19 heavy (non-hydrogen) atoms. The molecule has 0 aliphatic heterocycles. The lowest BCUT2D eigenvalue weighted by Gasteiger charge is -2.09. The van der Waals surface area contributed by atoms with Crippen molar-refractivity contribution >= 4 is 11.8 Å². The van der Waals surface area contributed by atoms with Crippen LogP contribution in [-0.4, -0.2) is 23.2 Å². The smallest absolute Gasteiger partial charge is 0.336 e. The summed E-state index contributed by atoms with van der Waals surface area (Å²) < 4.78 is 18.8. The van der Waals surface area contributed by atoms with Crippen molar-refractivity contribution in [2.45, 2.75) is 0 Å². The highest BCUT2D eigenvalue weighted by molar-refractivity contribution is 5.96. The molecule has 0 spiro atoms. The summed E-state index contributed by atoms with van der Waals surface area (Å²) >= 11 is 0. The molecule has 0 amide bonds. The molecule has 0 aliphatic carbocycles. The van der Waals surface area contributed by atoms with Crippen LogP contribution in [0.1, 0.15) is 10.4 Å². The van der Waals surface area contributed by atoms with Gasteiger partial charge in [-0.1, -0.05) is 0 Å². The summed E-state index contributed by atoms with van der Waals surface area (Å²) in [5.74, 6) is -1.28. The van der Waals surface area contributed by atoms with Crippen molar-refractivity contribution in [2.75, 3.05) is 12.8 Å². The molecule has 98 valence electrons. The first-order valence-corrected chi connectivity index (χ1v) is 5.35. The first-order chi connectivity index (χ1) is 9.02. The summed E-state index contributed by atoms with van der Waals surface area (Å²) in [6.07, 6.45) is 1.23. The summed E-state index contributed by atoms with van der Waals surface area (Å²) in [4.78, 5) is 15.0. The third-order valence-corrected chi connectivity index (χ3v) is 2.62. The summed E-state index contributed by atoms with van der Waals surface area (Å²) in [6, 6.07) is 5.26. The molecule has 5 nitrogen and oxygen atoms in total. The molecular formula is C13H11FN2O3. The van der Waals surface area contributed by atoms with Crippen LogP contribution in [0.5, 0.6) is 5.75 Å². The Bertz CT molecular complexity index is 644. The van der Waals surface area contributed by atoms with Crippen LogP contribution in [0.4, 0.5) is 10.2 Å². The summed E-state index contributed by atoms with van der Waals surface area (Å²) in [6.45, 7) is 0. The van der Waals surface area contributed by atoms with E-state index in [1.807, 2.05) is 0 Å². The van der Waals surface area contributed by atoms with Gasteiger partial charge in [-0.2, -0.15) is 0 Å². The van der Waals surface area contributed by atoms with Gasteiger partial charge in [0.25, 0.3) is 0 Å². The number of aromatic carboxylic acids is 1. The van der Waals surface area contributed by atoms with E-state index >= 15 is 0 Å². The van der Waals surface area contributed by atoms with Crippen LogP contribution in [0, 0.1) is 5.82 Å². The fraction of sp³-hybridized carbons (Fsp3) is 0.0769. The topological polar surface area (TPSA) is 85.4 Å². The van der Waals surface area contributed by atoms with Crippen molar-refractivity contribution in [3.05, 3.63) is 41.8 Å². The summed E-state index contributed by atoms with van der Waals surface area (Å²) in [5, 5.41) is 9.13. The SMILES string of the molecule is COc1ccc(F)c(-c2cnc(N)cc2C(=O)O)c1. The minimum absolute atomic E-state index is 0.0597. The Balaban J connectivity index is 2.67. The van der Waals surface area contributed by atoms with Crippen LogP contribution < -0.4 is 10.5 Å². The molecule has 6 heteroatoms. The maximum Gasteiger partial charge on any atom is 0.336 e. The Morgan fingerprint density at radius 2 is 2.11 bits per heavy atom. The van der Waals surface area contributed by atoms with Crippen LogP contribution in [0.15, 0.2) is 30.5 Å². The molecule has 1 heterocycles. The third kappa shape index (κ3) is 2.47. The largest absolute Gasteiger partial charge is 0.497 e. The Kier molecular flexibility index (Phi) is 3.33. The van der Waals surface area contributed by atoms with Crippen molar-refractivity contribution in [3.63, 3.8) is 0 Å². The first kappa shape index (κ1) is 12.8. The molecule has 0 saturated heterocycles. The Hall–Kier alpha value is -2.63. The molecule has 0 aliphatic rings. The zero-order chi connectivity index (χ0) is 14.0. The second-order valence-electron chi connectivity index (χ2n) is 3.81. The van der Waals surface area contributed by atoms with E-state index in [0.29, 0.717) is 5.75 Å². The predicted octanol–water partition coefficient (Wildman–Crippen LogP) is 2.18. The molecule has 0 fully saturated rings. The molecule has 1 aromatic heterocycles. The van der Waals surface area contributed by atoms with Gasteiger partial charge in [0, 0.05) is 17.3 Å². The van der Waals surface area contributed by atoms with E-state index in [-0.39, 0.29) is 22.5 Å². The molecule has 1 aromatic carbocycles. The number of nitrogens with two attached hydrogens (primary N) is 1. The van der Waals surface area contributed by atoms with Crippen molar-refractivity contribution in [1.82, 2.24) is 4.98 Å². The highest BCUT2D eigenvalue weighted by atomic mass is 19.1. The number of hydrogen-bond donors (Lipinski definition) is 2. The van der Waals surface area contributed by atoms with Crippen LogP contribution in [0.25, 0.3) is 11.1 Å². The van der Waals surface area contributed by atoms with Gasteiger partial charge in [-0.3, -0.25) is 0 Å². The van der Waals surface area contributed by atoms with E-state index in [0.717, 1.165) is 0 Å². The Labute approximate surface area is 108 Å². The molecule has 2 rings (SSSR count). The van der Waals surface area contributed by atoms with Crippen LogP contribution in [0.3, 0.4) is 0 Å². The van der Waals surface area contributed by atoms with E-state index in [1.54, 1.807) is 0 Å². The van der Waals surface area contributed by atoms with Crippen LogP contribution in [0.2, 0.25) is 0 Å². The number of benzene rings is 1. The van der Waals surface area contributed by atoms with Gasteiger partial charge in [-0.15, -0.1) is 0 Å². The lowest BCUT2D eigenvalue weighted by Crippen LogP contribution is -2.04. The standard InChI is InChI=1S/C13H11FN2O3/c1-19-7-2-3-11(14)8(4-7)10-6-16-12(15)5-9(10)13(17)18/h2-6H,1H3,(H2,15,16)(H,17,18). The molecule has 0 bridgehead atoms. The maximum absolute atomic E-state index is 13.8. The second kappa shape index (κ2) is 4.93. The number of ether oxygens (including phenoxy) is 1. The van der Waals surface area contributed by atoms with E-state index in [1.165, 1.54) is 37.6 Å². The number of pyridine rings is 1. The van der Waals surface area contributed by atoms with Crippen molar-refractivity contribution in [2.24, 2.45) is 0 Å². The summed E-state index contributed by atoms with van der Waals surface area (Å²) in [7, 11) is 1.44. The summed E-state index contributed by atoms with van der Waals surface area (Å²) in [5.41, 5.74) is 5.59. The zero-order valence-electron chi connectivity index (χ0n) is 10.1. The number of halogens is 1. The van der Waals surface area contributed by atoms with Gasteiger partial charge in [0.1, 0.15) is 17.4 Å². The maximum atomic E-state index is 13.8. The predicted molar refractivity (Wildman–Crippen MR) is 67.6 cm³/mol. The number of aromatic nitrogens is 1. The molecule has 0 saturated carbocycles. The molecular weight excluding hydrogens is 251 g/mol. The van der Waals surface area contributed by atoms with Gasteiger partial charge in [-0.05, 0) is 24.3 Å². The minimum Gasteiger partial charge on any atom is -0.497 e. The number of rotatable bonds is 3. The Morgan fingerprint density at radius 3 is 2.74 bits per heavy atom. The van der Waals surface area contributed by atoms with Gasteiger partial charge in [0.15, 0.2) is 0 Å². The zero-order valence-corrected chi connectivity index (χ0v) is 10.1. The van der Waals surface area contributed by atoms with Crippen LogP contribution in [-0.2, 0) is 0 Å². The monoisotopic (exact) mass is 262 g/mol. The van der Waals surface area contributed by atoms with Crippen LogP contribution >= 0.6 is 0 Å². The highest BCUT2D eigenvalue weighted by Crippen LogP contribution is 2.30. The average Bonchev–Trinajstić information content (AvgIpc) is 2.39. The van der Waals surface area contributed by atoms with Gasteiger partial charge in [0.05, 0.1) is 12.7 Å². The molecule has 0 radical (unpaired) electrons. The highest BCUT2D eigenvalue weighted by Gasteiger charge is 2.16. The van der Waals surface area contributed by atoms with Crippen molar-refractivity contribution < 1.29 is 19.0 Å². The van der Waals surface area contributed by atoms with Gasteiger partial charge in [0.2, 0.25) is 0 Å². The number of carboxylic acid groups (broad SMARTS) is 1. The average molecular weight is 262 g/mol. The first-order valence-electron chi connectivity index (χ1n) is 5.35. The lowest BCUT2D eigenvalue weighted by molar-refractivity contribution is 0.0697. The van der Waals surface area contributed by atoms with E-state index in [2.05, 4.69) is 4.98 Å².